The summed E-state index contributed by atoms with van der Waals surface area (Å²) in [4.78, 5) is 27.8. The highest BCUT2D eigenvalue weighted by Gasteiger charge is 2.47. The van der Waals surface area contributed by atoms with Crippen LogP contribution in [-0.4, -0.2) is 79.7 Å². The third-order valence-corrected chi connectivity index (χ3v) is 6.81. The molecule has 11 heteroatoms. The second-order valence-corrected chi connectivity index (χ2v) is 9.79. The van der Waals surface area contributed by atoms with Gasteiger partial charge in [0.05, 0.1) is 24.0 Å². The second kappa shape index (κ2) is 7.58. The molecule has 1 saturated heterocycles. The van der Waals surface area contributed by atoms with Crippen molar-refractivity contribution >= 4 is 23.6 Å². The molecule has 4 heterocycles. The molecule has 0 spiro atoms. The molecule has 4 rings (SSSR count). The number of amides is 2. The van der Waals surface area contributed by atoms with Crippen LogP contribution in [-0.2, 0) is 12.1 Å². The van der Waals surface area contributed by atoms with E-state index >= 15 is 0 Å². The van der Waals surface area contributed by atoms with E-state index in [-0.39, 0.29) is 23.4 Å². The summed E-state index contributed by atoms with van der Waals surface area (Å²) >= 11 is 0. The summed E-state index contributed by atoms with van der Waals surface area (Å²) in [5, 5.41) is 13.1. The van der Waals surface area contributed by atoms with Crippen molar-refractivity contribution in [3.8, 4) is 0 Å². The summed E-state index contributed by atoms with van der Waals surface area (Å²) in [6.07, 6.45) is 1.10. The van der Waals surface area contributed by atoms with E-state index in [0.717, 1.165) is 24.0 Å². The first kappa shape index (κ1) is 22.3. The monoisotopic (exact) mass is 445 g/mol. The van der Waals surface area contributed by atoms with Gasteiger partial charge in [-0.05, 0) is 41.7 Å². The lowest BCUT2D eigenvalue weighted by atomic mass is 9.96. The molecule has 174 valence electrons. The molecular formula is C21H32FN9O. The Hall–Kier alpha value is -2.95. The van der Waals surface area contributed by atoms with Gasteiger partial charge in [0, 0.05) is 37.3 Å². The number of carbonyl (C=O) groups excluding carboxylic acids is 1. The van der Waals surface area contributed by atoms with Gasteiger partial charge < -0.3 is 20.4 Å². The van der Waals surface area contributed by atoms with Gasteiger partial charge in [-0.3, -0.25) is 10.00 Å². The number of nitrogens with one attached hydrogen (secondary N) is 3. The summed E-state index contributed by atoms with van der Waals surface area (Å²) in [5.74, 6) is 0.190. The standard InChI is InChI=1S/C21H32FN9O/c1-12-9-29(7)20(2,3)11-30(12)19(32)31-10-13-15(21(31,4)5)27-28-16(13)25-17-14(22)8-24-18(23-6)26-17/h8,12H,9-11H2,1-7H3,(H3,23,24,25,26,27,28)/t12-/m0/s1. The van der Waals surface area contributed by atoms with E-state index in [1.54, 1.807) is 7.05 Å². The first-order valence-electron chi connectivity index (χ1n) is 10.8. The van der Waals surface area contributed by atoms with Crippen LogP contribution in [0.25, 0.3) is 0 Å². The summed E-state index contributed by atoms with van der Waals surface area (Å²) in [7, 11) is 3.76. The lowest BCUT2D eigenvalue weighted by molar-refractivity contribution is 0.00695. The van der Waals surface area contributed by atoms with Gasteiger partial charge in [0.15, 0.2) is 17.5 Å². The molecule has 10 nitrogen and oxygen atoms in total. The number of hydrogen-bond acceptors (Lipinski definition) is 7. The molecule has 0 aliphatic carbocycles. The topological polar surface area (TPSA) is 105 Å². The maximum atomic E-state index is 14.3. The average molecular weight is 446 g/mol. The molecule has 2 aromatic heterocycles. The van der Waals surface area contributed by atoms with Crippen LogP contribution in [0.1, 0.15) is 45.9 Å². The van der Waals surface area contributed by atoms with Crippen LogP contribution in [0.15, 0.2) is 6.20 Å². The fourth-order valence-electron chi connectivity index (χ4n) is 4.46. The first-order chi connectivity index (χ1) is 15.0. The highest BCUT2D eigenvalue weighted by atomic mass is 19.1. The number of hydrogen-bond donors (Lipinski definition) is 3. The van der Waals surface area contributed by atoms with Crippen molar-refractivity contribution in [1.82, 2.24) is 34.9 Å². The van der Waals surface area contributed by atoms with Crippen molar-refractivity contribution < 1.29 is 9.18 Å². The highest BCUT2D eigenvalue weighted by Crippen LogP contribution is 2.42. The largest absolute Gasteiger partial charge is 0.357 e. The van der Waals surface area contributed by atoms with E-state index in [9.17, 15) is 9.18 Å². The van der Waals surface area contributed by atoms with Gasteiger partial charge >= 0.3 is 6.03 Å². The number of rotatable bonds is 3. The highest BCUT2D eigenvalue weighted by molar-refractivity contribution is 5.78. The number of urea groups is 1. The van der Waals surface area contributed by atoms with E-state index < -0.39 is 11.4 Å². The Morgan fingerprint density at radius 3 is 2.69 bits per heavy atom. The van der Waals surface area contributed by atoms with Gasteiger partial charge in [-0.25, -0.2) is 14.2 Å². The van der Waals surface area contributed by atoms with E-state index in [2.05, 4.69) is 63.5 Å². The van der Waals surface area contributed by atoms with Crippen molar-refractivity contribution in [2.45, 2.75) is 58.3 Å². The second-order valence-electron chi connectivity index (χ2n) is 9.79. The van der Waals surface area contributed by atoms with Crippen molar-refractivity contribution in [1.29, 1.82) is 0 Å². The number of fused-ring (bicyclic) bond motifs is 1. The number of nitrogens with zero attached hydrogens (tertiary/aromatic N) is 6. The molecule has 0 radical (unpaired) electrons. The predicted molar refractivity (Wildman–Crippen MR) is 120 cm³/mol. The average Bonchev–Trinajstić information content (AvgIpc) is 3.24. The zero-order valence-corrected chi connectivity index (χ0v) is 19.7. The Morgan fingerprint density at radius 2 is 2.00 bits per heavy atom. The number of piperazine rings is 1. The lowest BCUT2D eigenvalue weighted by Crippen LogP contribution is -2.65. The van der Waals surface area contributed by atoms with E-state index in [1.807, 2.05) is 23.6 Å². The van der Waals surface area contributed by atoms with Gasteiger partial charge in [-0.2, -0.15) is 10.1 Å². The summed E-state index contributed by atoms with van der Waals surface area (Å²) in [5.41, 5.74) is 0.961. The van der Waals surface area contributed by atoms with Crippen LogP contribution in [0.4, 0.5) is 26.8 Å². The number of aromatic nitrogens is 4. The number of aromatic amines is 1. The molecular weight excluding hydrogens is 413 g/mol. The molecule has 0 aromatic carbocycles. The van der Waals surface area contributed by atoms with Crippen LogP contribution in [0.3, 0.4) is 0 Å². The molecule has 2 aromatic rings. The SMILES string of the molecule is CNc1ncc(F)c(Nc2n[nH]c3c2CN(C(=O)N2CC(C)(C)N(C)C[C@@H]2C)C3(C)C)n1. The molecule has 2 aliphatic rings. The van der Waals surface area contributed by atoms with Crippen LogP contribution < -0.4 is 10.6 Å². The third-order valence-electron chi connectivity index (χ3n) is 6.81. The molecule has 3 N–H and O–H groups in total. The minimum atomic E-state index is -0.590. The Balaban J connectivity index is 1.60. The van der Waals surface area contributed by atoms with Crippen molar-refractivity contribution in [3.05, 3.63) is 23.3 Å². The van der Waals surface area contributed by atoms with Crippen LogP contribution in [0.5, 0.6) is 0 Å². The Bertz CT molecular complexity index is 1030. The Kier molecular flexibility index (Phi) is 5.27. The molecule has 32 heavy (non-hydrogen) atoms. The first-order valence-corrected chi connectivity index (χ1v) is 10.8. The number of carbonyl (C=O) groups is 1. The van der Waals surface area contributed by atoms with E-state index in [4.69, 9.17) is 0 Å². The number of halogens is 1. The van der Waals surface area contributed by atoms with Crippen LogP contribution in [0.2, 0.25) is 0 Å². The number of anilines is 3. The fraction of sp³-hybridized carbons (Fsp3) is 0.619. The Labute approximate surface area is 187 Å². The van der Waals surface area contributed by atoms with Gasteiger partial charge in [-0.15, -0.1) is 0 Å². The molecule has 2 amide bonds. The van der Waals surface area contributed by atoms with Crippen LogP contribution >= 0.6 is 0 Å². The molecule has 0 saturated carbocycles. The van der Waals surface area contributed by atoms with Crippen molar-refractivity contribution in [2.75, 3.05) is 37.8 Å². The Morgan fingerprint density at radius 1 is 1.28 bits per heavy atom. The molecule has 1 atom stereocenters. The molecule has 0 bridgehead atoms. The van der Waals surface area contributed by atoms with Gasteiger partial charge in [0.2, 0.25) is 5.95 Å². The number of H-pyrrole nitrogens is 1. The van der Waals surface area contributed by atoms with Crippen molar-refractivity contribution in [3.63, 3.8) is 0 Å². The quantitative estimate of drug-likeness (QED) is 0.667. The normalized spacial score (nSPS) is 22.1. The smallest absolute Gasteiger partial charge is 0.321 e. The van der Waals surface area contributed by atoms with Crippen molar-refractivity contribution in [2.24, 2.45) is 0 Å². The van der Waals surface area contributed by atoms with Gasteiger partial charge in [0.25, 0.3) is 0 Å². The maximum Gasteiger partial charge on any atom is 0.321 e. The summed E-state index contributed by atoms with van der Waals surface area (Å²) < 4.78 is 14.3. The predicted octanol–water partition coefficient (Wildman–Crippen LogP) is 2.71. The van der Waals surface area contributed by atoms with E-state index in [1.165, 1.54) is 0 Å². The fourth-order valence-corrected chi connectivity index (χ4v) is 4.46. The minimum absolute atomic E-state index is 0.00934. The third kappa shape index (κ3) is 3.54. The maximum absolute atomic E-state index is 14.3. The molecule has 1 fully saturated rings. The van der Waals surface area contributed by atoms with Gasteiger partial charge in [-0.1, -0.05) is 0 Å². The number of likely N-dealkylation sites (N-methyl/N-ethyl adjacent to an activating group) is 1. The minimum Gasteiger partial charge on any atom is -0.357 e. The van der Waals surface area contributed by atoms with Crippen LogP contribution in [0, 0.1) is 5.82 Å². The molecule has 2 aliphatic heterocycles. The summed E-state index contributed by atoms with van der Waals surface area (Å²) in [6.45, 7) is 12.2. The van der Waals surface area contributed by atoms with Gasteiger partial charge in [0.1, 0.15) is 0 Å². The zero-order chi connectivity index (χ0) is 23.4. The zero-order valence-electron chi connectivity index (χ0n) is 19.7. The summed E-state index contributed by atoms with van der Waals surface area (Å²) in [6, 6.07) is 0.0889. The lowest BCUT2D eigenvalue weighted by Gasteiger charge is -2.50. The molecule has 0 unspecified atom stereocenters. The van der Waals surface area contributed by atoms with E-state index in [0.29, 0.717) is 24.9 Å².